The highest BCUT2D eigenvalue weighted by atomic mass is 19.4. The first kappa shape index (κ1) is 23.7. The normalized spacial score (nSPS) is 15.5. The Bertz CT molecular complexity index is 1170. The second-order valence-electron chi connectivity index (χ2n) is 9.05. The van der Waals surface area contributed by atoms with Gasteiger partial charge in [0.2, 0.25) is 0 Å². The van der Waals surface area contributed by atoms with Crippen LogP contribution in [0.1, 0.15) is 48.8 Å². The zero-order valence-electron chi connectivity index (χ0n) is 18.9. The Balaban J connectivity index is 1.62. The Hall–Kier alpha value is -3.46. The molecular weight excluding hydrogens is 435 g/mol. The van der Waals surface area contributed by atoms with Crippen LogP contribution in [0, 0.1) is 17.2 Å². The number of hydrogen-bond acceptors (Lipinski definition) is 3. The number of alkyl halides is 3. The number of benzene rings is 3. The summed E-state index contributed by atoms with van der Waals surface area (Å²) < 4.78 is 40.5. The maximum Gasteiger partial charge on any atom is 0.417 e. The van der Waals surface area contributed by atoms with Gasteiger partial charge in [-0.1, -0.05) is 55.7 Å². The zero-order valence-corrected chi connectivity index (χ0v) is 18.9. The molecule has 1 atom stereocenters. The van der Waals surface area contributed by atoms with Crippen molar-refractivity contribution in [2.75, 3.05) is 11.1 Å². The van der Waals surface area contributed by atoms with Crippen LogP contribution in [0.4, 0.5) is 24.5 Å². The second kappa shape index (κ2) is 10.2. The Morgan fingerprint density at radius 2 is 1.65 bits per heavy atom. The monoisotopic (exact) mass is 463 g/mol. The summed E-state index contributed by atoms with van der Waals surface area (Å²) in [7, 11) is 0. The highest BCUT2D eigenvalue weighted by Gasteiger charge is 2.34. The predicted octanol–water partition coefficient (Wildman–Crippen LogP) is 7.43. The van der Waals surface area contributed by atoms with Crippen molar-refractivity contribution < 1.29 is 13.2 Å². The molecule has 3 N–H and O–H groups in total. The van der Waals surface area contributed by atoms with E-state index in [1.165, 1.54) is 12.5 Å². The van der Waals surface area contributed by atoms with Crippen LogP contribution >= 0.6 is 0 Å². The lowest BCUT2D eigenvalue weighted by molar-refractivity contribution is -0.137. The van der Waals surface area contributed by atoms with E-state index in [1.807, 2.05) is 36.4 Å². The van der Waals surface area contributed by atoms with Crippen molar-refractivity contribution in [2.45, 2.75) is 50.7 Å². The Labute approximate surface area is 198 Å². The zero-order chi connectivity index (χ0) is 24.1. The summed E-state index contributed by atoms with van der Waals surface area (Å²) in [4.78, 5) is 0. The van der Waals surface area contributed by atoms with Gasteiger partial charge in [-0.05, 0) is 72.2 Å². The number of anilines is 2. The van der Waals surface area contributed by atoms with Gasteiger partial charge in [-0.15, -0.1) is 0 Å². The van der Waals surface area contributed by atoms with Gasteiger partial charge < -0.3 is 11.1 Å². The Kier molecular flexibility index (Phi) is 7.12. The van der Waals surface area contributed by atoms with Gasteiger partial charge in [-0.2, -0.15) is 18.4 Å². The minimum atomic E-state index is -4.57. The molecule has 176 valence electrons. The average Bonchev–Trinajstić information content (AvgIpc) is 2.84. The fourth-order valence-corrected chi connectivity index (χ4v) is 4.90. The molecule has 3 nitrogen and oxygen atoms in total. The van der Waals surface area contributed by atoms with Crippen LogP contribution in [0.5, 0.6) is 0 Å². The van der Waals surface area contributed by atoms with Gasteiger partial charge in [-0.3, -0.25) is 0 Å². The Morgan fingerprint density at radius 1 is 0.941 bits per heavy atom. The molecule has 4 rings (SSSR count). The van der Waals surface area contributed by atoms with Crippen LogP contribution < -0.4 is 11.1 Å². The number of rotatable bonds is 6. The van der Waals surface area contributed by atoms with Crippen LogP contribution in [0.3, 0.4) is 0 Å². The molecule has 3 aromatic rings. The number of nitrogen functional groups attached to an aromatic ring is 1. The molecule has 1 aliphatic rings. The van der Waals surface area contributed by atoms with Crippen LogP contribution in [0.25, 0.3) is 11.1 Å². The van der Waals surface area contributed by atoms with Gasteiger partial charge in [0.25, 0.3) is 0 Å². The molecule has 0 bridgehead atoms. The molecule has 0 aliphatic heterocycles. The minimum Gasteiger partial charge on any atom is -0.399 e. The van der Waals surface area contributed by atoms with Gasteiger partial charge in [0.1, 0.15) is 0 Å². The fourth-order valence-electron chi connectivity index (χ4n) is 4.90. The molecule has 1 unspecified atom stereocenters. The molecule has 0 amide bonds. The number of nitrogens with one attached hydrogen (secondary N) is 1. The first-order valence-electron chi connectivity index (χ1n) is 11.7. The number of hydrogen-bond donors (Lipinski definition) is 2. The van der Waals surface area contributed by atoms with Crippen molar-refractivity contribution in [1.82, 2.24) is 0 Å². The first-order valence-corrected chi connectivity index (χ1v) is 11.7. The molecule has 0 spiro atoms. The van der Waals surface area contributed by atoms with Crippen molar-refractivity contribution in [3.05, 3.63) is 83.4 Å². The van der Waals surface area contributed by atoms with Gasteiger partial charge >= 0.3 is 6.18 Å². The maximum atomic E-state index is 13.5. The largest absolute Gasteiger partial charge is 0.417 e. The van der Waals surface area contributed by atoms with Crippen molar-refractivity contribution in [2.24, 2.45) is 5.92 Å². The standard InChI is InChI=1S/C28H28F3N3/c29-28(30,31)26-17-25(13-12-23(26)18-32)34-27(20-7-2-1-3-8-20)15-19-6-4-9-21(14-19)22-10-5-11-24(33)16-22/h4-6,9-14,16-17,20,27,34H,1-3,7-8,15,33H2. The highest BCUT2D eigenvalue weighted by molar-refractivity contribution is 5.68. The third kappa shape index (κ3) is 5.72. The van der Waals surface area contributed by atoms with Gasteiger partial charge in [0, 0.05) is 17.4 Å². The SMILES string of the molecule is N#Cc1ccc(NC(Cc2cccc(-c3cccc(N)c3)c2)C2CCCCC2)cc1C(F)(F)F. The average molecular weight is 464 g/mol. The number of nitrogens with zero attached hydrogens (tertiary/aromatic N) is 1. The van der Waals surface area contributed by atoms with E-state index < -0.39 is 11.7 Å². The van der Waals surface area contributed by atoms with Crippen molar-refractivity contribution >= 4 is 11.4 Å². The number of halogens is 3. The van der Waals surface area contributed by atoms with Crippen LogP contribution in [-0.4, -0.2) is 6.04 Å². The molecule has 1 fully saturated rings. The van der Waals surface area contributed by atoms with E-state index in [9.17, 15) is 13.2 Å². The molecule has 0 radical (unpaired) electrons. The third-order valence-electron chi connectivity index (χ3n) is 6.62. The lowest BCUT2D eigenvalue weighted by Crippen LogP contribution is -2.33. The van der Waals surface area contributed by atoms with Gasteiger partial charge in [0.15, 0.2) is 0 Å². The fraction of sp³-hybridized carbons (Fsp3) is 0.321. The summed E-state index contributed by atoms with van der Waals surface area (Å²) in [6.07, 6.45) is 1.69. The first-order chi connectivity index (χ1) is 16.3. The summed E-state index contributed by atoms with van der Waals surface area (Å²) in [5, 5.41) is 12.5. The van der Waals surface area contributed by atoms with Crippen molar-refractivity contribution in [1.29, 1.82) is 5.26 Å². The molecule has 34 heavy (non-hydrogen) atoms. The molecule has 1 aliphatic carbocycles. The van der Waals surface area contributed by atoms with Crippen molar-refractivity contribution in [3.63, 3.8) is 0 Å². The third-order valence-corrected chi connectivity index (χ3v) is 6.62. The molecule has 3 aromatic carbocycles. The lowest BCUT2D eigenvalue weighted by Gasteiger charge is -2.32. The smallest absolute Gasteiger partial charge is 0.399 e. The molecule has 0 saturated heterocycles. The summed E-state index contributed by atoms with van der Waals surface area (Å²) in [5.74, 6) is 0.370. The van der Waals surface area contributed by atoms with E-state index in [4.69, 9.17) is 11.0 Å². The molecule has 1 saturated carbocycles. The summed E-state index contributed by atoms with van der Waals surface area (Å²) in [6, 6.07) is 21.5. The molecule has 0 aromatic heterocycles. The van der Waals surface area contributed by atoms with Crippen molar-refractivity contribution in [3.8, 4) is 17.2 Å². The number of nitrogens with two attached hydrogens (primary N) is 1. The molecular formula is C28H28F3N3. The number of nitriles is 1. The van der Waals surface area contributed by atoms with E-state index in [-0.39, 0.29) is 11.6 Å². The maximum absolute atomic E-state index is 13.5. The van der Waals surface area contributed by atoms with E-state index in [1.54, 1.807) is 12.1 Å². The van der Waals surface area contributed by atoms with Crippen LogP contribution in [-0.2, 0) is 12.6 Å². The summed E-state index contributed by atoms with van der Waals surface area (Å²) >= 11 is 0. The van der Waals surface area contributed by atoms with E-state index in [0.29, 0.717) is 23.7 Å². The summed E-state index contributed by atoms with van der Waals surface area (Å²) in [5.41, 5.74) is 9.00. The van der Waals surface area contributed by atoms with E-state index >= 15 is 0 Å². The van der Waals surface area contributed by atoms with Crippen LogP contribution in [0.2, 0.25) is 0 Å². The Morgan fingerprint density at radius 3 is 2.32 bits per heavy atom. The topological polar surface area (TPSA) is 61.8 Å². The minimum absolute atomic E-state index is 0.00888. The quantitative estimate of drug-likeness (QED) is 0.374. The summed E-state index contributed by atoms with van der Waals surface area (Å²) in [6.45, 7) is 0. The predicted molar refractivity (Wildman–Crippen MR) is 130 cm³/mol. The highest BCUT2D eigenvalue weighted by Crippen LogP contribution is 2.35. The van der Waals surface area contributed by atoms with Gasteiger partial charge in [-0.25, -0.2) is 0 Å². The second-order valence-corrected chi connectivity index (χ2v) is 9.05. The van der Waals surface area contributed by atoms with E-state index in [2.05, 4.69) is 17.4 Å². The molecule has 6 heteroatoms. The van der Waals surface area contributed by atoms with Gasteiger partial charge in [0.05, 0.1) is 17.2 Å². The lowest BCUT2D eigenvalue weighted by atomic mass is 9.81. The van der Waals surface area contributed by atoms with Crippen LogP contribution in [0.15, 0.2) is 66.7 Å². The van der Waals surface area contributed by atoms with E-state index in [0.717, 1.165) is 48.4 Å². The molecule has 0 heterocycles.